The monoisotopic (exact) mass is 340 g/mol. The topological polar surface area (TPSA) is 90.0 Å². The Hall–Kier alpha value is -2.96. The van der Waals surface area contributed by atoms with Crippen LogP contribution < -0.4 is 5.56 Å². The molecule has 0 aliphatic rings. The molecule has 130 valence electrons. The zero-order chi connectivity index (χ0) is 18.1. The summed E-state index contributed by atoms with van der Waals surface area (Å²) < 4.78 is 2.94. The molecule has 0 saturated heterocycles. The quantitative estimate of drug-likeness (QED) is 0.769. The lowest BCUT2D eigenvalue weighted by Gasteiger charge is -2.06. The van der Waals surface area contributed by atoms with Gasteiger partial charge in [0.15, 0.2) is 5.52 Å². The predicted octanol–water partition coefficient (Wildman–Crippen LogP) is 2.24. The number of aryl methyl sites for hydroxylation is 4. The third kappa shape index (κ3) is 3.05. The molecule has 7 heteroatoms. The van der Waals surface area contributed by atoms with Crippen molar-refractivity contribution in [1.29, 1.82) is 0 Å². The summed E-state index contributed by atoms with van der Waals surface area (Å²) in [5.41, 5.74) is 3.54. The molecule has 0 radical (unpaired) electrons. The van der Waals surface area contributed by atoms with Gasteiger partial charge in [0.1, 0.15) is 0 Å². The normalized spacial score (nSPS) is 11.2. The average molecular weight is 340 g/mol. The van der Waals surface area contributed by atoms with Crippen molar-refractivity contribution in [3.8, 4) is 5.69 Å². The van der Waals surface area contributed by atoms with Crippen LogP contribution in [0.4, 0.5) is 0 Å². The van der Waals surface area contributed by atoms with Crippen molar-refractivity contribution in [3.05, 3.63) is 51.6 Å². The van der Waals surface area contributed by atoms with E-state index in [1.165, 1.54) is 10.2 Å². The van der Waals surface area contributed by atoms with Crippen molar-refractivity contribution in [2.24, 2.45) is 0 Å². The Balaban J connectivity index is 2.18. The zero-order valence-electron chi connectivity index (χ0n) is 14.5. The minimum absolute atomic E-state index is 0.0299. The molecule has 0 bridgehead atoms. The molecule has 3 aromatic rings. The second-order valence-electron chi connectivity index (χ2n) is 6.00. The lowest BCUT2D eigenvalue weighted by atomic mass is 10.1. The van der Waals surface area contributed by atoms with Gasteiger partial charge in [-0.3, -0.25) is 9.59 Å². The molecule has 0 atom stereocenters. The molecule has 3 rings (SSSR count). The first-order valence-electron chi connectivity index (χ1n) is 8.20. The molecule has 1 aromatic carbocycles. The van der Waals surface area contributed by atoms with Crippen LogP contribution in [-0.4, -0.2) is 30.6 Å². The number of hydrogen-bond acceptors (Lipinski definition) is 4. The molecular formula is C18H20N4O3. The highest BCUT2D eigenvalue weighted by molar-refractivity contribution is 5.83. The first-order valence-corrected chi connectivity index (χ1v) is 8.20. The molecule has 7 nitrogen and oxygen atoms in total. The summed E-state index contributed by atoms with van der Waals surface area (Å²) in [4.78, 5) is 23.4. The van der Waals surface area contributed by atoms with E-state index in [-0.39, 0.29) is 18.5 Å². The summed E-state index contributed by atoms with van der Waals surface area (Å²) in [5, 5.41) is 18.3. The molecule has 25 heavy (non-hydrogen) atoms. The molecule has 0 saturated carbocycles. The second kappa shape index (κ2) is 6.51. The van der Waals surface area contributed by atoms with Crippen LogP contribution in [0, 0.1) is 13.8 Å². The maximum atomic E-state index is 12.6. The zero-order valence-corrected chi connectivity index (χ0v) is 14.5. The molecular weight excluding hydrogens is 320 g/mol. The van der Waals surface area contributed by atoms with Gasteiger partial charge in [-0.1, -0.05) is 19.1 Å². The van der Waals surface area contributed by atoms with Crippen LogP contribution in [0.1, 0.15) is 30.3 Å². The number of carboxylic acid groups (broad SMARTS) is 1. The Morgan fingerprint density at radius 3 is 2.68 bits per heavy atom. The van der Waals surface area contributed by atoms with Gasteiger partial charge in [-0.25, -0.2) is 9.36 Å². The fourth-order valence-electron chi connectivity index (χ4n) is 3.00. The van der Waals surface area contributed by atoms with E-state index >= 15 is 0 Å². The Labute approximate surface area is 144 Å². The molecule has 0 aliphatic heterocycles. The summed E-state index contributed by atoms with van der Waals surface area (Å²) in [7, 11) is 0. The highest BCUT2D eigenvalue weighted by Gasteiger charge is 2.17. The van der Waals surface area contributed by atoms with Gasteiger partial charge in [-0.05, 0) is 38.0 Å². The van der Waals surface area contributed by atoms with Crippen molar-refractivity contribution in [1.82, 2.24) is 19.6 Å². The van der Waals surface area contributed by atoms with Crippen LogP contribution in [-0.2, 0) is 17.8 Å². The van der Waals surface area contributed by atoms with Gasteiger partial charge in [-0.15, -0.1) is 0 Å². The summed E-state index contributed by atoms with van der Waals surface area (Å²) >= 11 is 0. The summed E-state index contributed by atoms with van der Waals surface area (Å²) in [6.07, 6.45) is 0.756. The van der Waals surface area contributed by atoms with E-state index in [4.69, 9.17) is 5.11 Å². The van der Waals surface area contributed by atoms with E-state index in [9.17, 15) is 9.59 Å². The van der Waals surface area contributed by atoms with E-state index in [0.717, 1.165) is 23.2 Å². The van der Waals surface area contributed by atoms with E-state index in [2.05, 4.69) is 17.1 Å². The van der Waals surface area contributed by atoms with Crippen molar-refractivity contribution in [3.63, 3.8) is 0 Å². The SMILES string of the molecule is CCc1cccc(-n2nc3c(=O)n(CCC(=O)O)nc(C)c3c2C)c1. The van der Waals surface area contributed by atoms with Gasteiger partial charge >= 0.3 is 5.97 Å². The minimum atomic E-state index is -0.968. The fourth-order valence-corrected chi connectivity index (χ4v) is 3.00. The minimum Gasteiger partial charge on any atom is -0.481 e. The number of carboxylic acids is 1. The lowest BCUT2D eigenvalue weighted by molar-refractivity contribution is -0.137. The summed E-state index contributed by atoms with van der Waals surface area (Å²) in [6.45, 7) is 5.83. The number of aliphatic carboxylic acids is 1. The maximum Gasteiger partial charge on any atom is 0.305 e. The van der Waals surface area contributed by atoms with E-state index in [1.54, 1.807) is 11.6 Å². The summed E-state index contributed by atoms with van der Waals surface area (Å²) in [6, 6.07) is 8.01. The number of aromatic nitrogens is 4. The van der Waals surface area contributed by atoms with Crippen molar-refractivity contribution < 1.29 is 9.90 Å². The molecule has 0 spiro atoms. The van der Waals surface area contributed by atoms with Gasteiger partial charge in [0.25, 0.3) is 5.56 Å². The number of carbonyl (C=O) groups is 1. The van der Waals surface area contributed by atoms with Crippen molar-refractivity contribution in [2.75, 3.05) is 0 Å². The van der Waals surface area contributed by atoms with Gasteiger partial charge in [0.2, 0.25) is 0 Å². The van der Waals surface area contributed by atoms with Gasteiger partial charge in [0.05, 0.1) is 35.4 Å². The van der Waals surface area contributed by atoms with Gasteiger partial charge in [0, 0.05) is 0 Å². The van der Waals surface area contributed by atoms with Crippen LogP contribution >= 0.6 is 0 Å². The van der Waals surface area contributed by atoms with Crippen LogP contribution in [0.2, 0.25) is 0 Å². The first kappa shape index (κ1) is 16.9. The Bertz CT molecular complexity index is 1020. The number of hydrogen-bond donors (Lipinski definition) is 1. The predicted molar refractivity (Wildman–Crippen MR) is 94.2 cm³/mol. The maximum absolute atomic E-state index is 12.6. The van der Waals surface area contributed by atoms with Crippen LogP contribution in [0.5, 0.6) is 0 Å². The highest BCUT2D eigenvalue weighted by Crippen LogP contribution is 2.21. The Morgan fingerprint density at radius 2 is 2.00 bits per heavy atom. The van der Waals surface area contributed by atoms with E-state index < -0.39 is 5.97 Å². The number of benzene rings is 1. The van der Waals surface area contributed by atoms with Crippen molar-refractivity contribution >= 4 is 16.9 Å². The number of fused-ring (bicyclic) bond motifs is 1. The Morgan fingerprint density at radius 1 is 1.24 bits per heavy atom. The first-order chi connectivity index (χ1) is 11.9. The van der Waals surface area contributed by atoms with Gasteiger partial charge < -0.3 is 5.11 Å². The van der Waals surface area contributed by atoms with E-state index in [1.807, 2.05) is 31.2 Å². The van der Waals surface area contributed by atoms with Gasteiger partial charge in [-0.2, -0.15) is 10.2 Å². The smallest absolute Gasteiger partial charge is 0.305 e. The largest absolute Gasteiger partial charge is 0.481 e. The molecule has 0 unspecified atom stereocenters. The molecule has 0 fully saturated rings. The molecule has 0 aliphatic carbocycles. The standard InChI is InChI=1S/C18H20N4O3/c1-4-13-6-5-7-14(10-13)22-12(3)16-11(2)19-21(9-8-15(23)24)18(25)17(16)20-22/h5-7,10H,4,8-9H2,1-3H3,(H,23,24). The second-order valence-corrected chi connectivity index (χ2v) is 6.00. The Kier molecular flexibility index (Phi) is 4.39. The number of nitrogens with zero attached hydrogens (tertiary/aromatic N) is 4. The fraction of sp³-hybridized carbons (Fsp3) is 0.333. The highest BCUT2D eigenvalue weighted by atomic mass is 16.4. The number of rotatable bonds is 5. The van der Waals surface area contributed by atoms with E-state index in [0.29, 0.717) is 11.2 Å². The third-order valence-corrected chi connectivity index (χ3v) is 4.29. The molecule has 1 N–H and O–H groups in total. The molecule has 2 aromatic heterocycles. The van der Waals surface area contributed by atoms with Crippen LogP contribution in [0.15, 0.2) is 29.1 Å². The van der Waals surface area contributed by atoms with Crippen LogP contribution in [0.3, 0.4) is 0 Å². The molecule has 0 amide bonds. The average Bonchev–Trinajstić information content (AvgIpc) is 2.95. The van der Waals surface area contributed by atoms with Crippen LogP contribution in [0.25, 0.3) is 16.6 Å². The lowest BCUT2D eigenvalue weighted by Crippen LogP contribution is -2.25. The molecule has 2 heterocycles. The third-order valence-electron chi connectivity index (χ3n) is 4.29. The summed E-state index contributed by atoms with van der Waals surface area (Å²) in [5.74, 6) is -0.968. The van der Waals surface area contributed by atoms with Crippen molar-refractivity contribution in [2.45, 2.75) is 40.2 Å².